The molecular weight excluding hydrogens is 315 g/mol. The van der Waals surface area contributed by atoms with E-state index in [1.807, 2.05) is 0 Å². The van der Waals surface area contributed by atoms with Crippen molar-refractivity contribution < 1.29 is 0 Å². The molecule has 3 heteroatoms. The van der Waals surface area contributed by atoms with Gasteiger partial charge in [0.25, 0.3) is 6.69 Å². The zero-order valence-electron chi connectivity index (χ0n) is 12.7. The molecule has 0 aliphatic rings. The third-order valence-corrected chi connectivity index (χ3v) is 8.03. The number of hydrogen-bond acceptors (Lipinski definition) is 0. The summed E-state index contributed by atoms with van der Waals surface area (Å²) in [6.07, 6.45) is 1.96. The van der Waals surface area contributed by atoms with Gasteiger partial charge >= 0.3 is 0 Å². The van der Waals surface area contributed by atoms with Crippen LogP contribution in [0.2, 0.25) is 12.1 Å². The number of aryl methyl sites for hydroxylation is 4. The van der Waals surface area contributed by atoms with Gasteiger partial charge in [0.2, 0.25) is 0 Å². The van der Waals surface area contributed by atoms with E-state index >= 15 is 0 Å². The molecule has 0 bridgehead atoms. The van der Waals surface area contributed by atoms with E-state index in [9.17, 15) is 0 Å². The molecule has 0 spiro atoms. The predicted molar refractivity (Wildman–Crippen MR) is 96.8 cm³/mol. The van der Waals surface area contributed by atoms with E-state index < -0.39 is 6.69 Å². The molecule has 0 nitrogen and oxygen atoms in total. The van der Waals surface area contributed by atoms with Crippen molar-refractivity contribution in [1.82, 2.24) is 0 Å². The summed E-state index contributed by atoms with van der Waals surface area (Å²) in [6, 6.07) is 19.1. The average molecular weight is 337 g/mol. The van der Waals surface area contributed by atoms with E-state index in [-0.39, 0.29) is 0 Å². The van der Waals surface area contributed by atoms with Crippen LogP contribution in [0.15, 0.2) is 48.5 Å². The van der Waals surface area contributed by atoms with Crippen molar-refractivity contribution in [2.45, 2.75) is 38.8 Å². The summed E-state index contributed by atoms with van der Waals surface area (Å²) >= 11 is 13.2. The topological polar surface area (TPSA) is 0 Å². The molecule has 0 heterocycles. The van der Waals surface area contributed by atoms with Gasteiger partial charge in [0.1, 0.15) is 0 Å². The summed E-state index contributed by atoms with van der Waals surface area (Å²) in [7, 11) is 0. The molecule has 2 aromatic carbocycles. The number of halogens is 2. The molecule has 112 valence electrons. The smallest absolute Gasteiger partial charge is 0.146 e. The quantitative estimate of drug-likeness (QED) is 0.447. The summed E-state index contributed by atoms with van der Waals surface area (Å²) in [5, 5.41) is 0. The molecule has 0 saturated carbocycles. The molecule has 0 unspecified atom stereocenters. The van der Waals surface area contributed by atoms with Crippen LogP contribution in [0.5, 0.6) is 0 Å². The molecular formula is C18H22Cl2Si. The van der Waals surface area contributed by atoms with Crippen molar-refractivity contribution in [1.29, 1.82) is 0 Å². The zero-order valence-corrected chi connectivity index (χ0v) is 15.2. The van der Waals surface area contributed by atoms with Gasteiger partial charge in [0.15, 0.2) is 0 Å². The largest absolute Gasteiger partial charge is 0.252 e. The Morgan fingerprint density at radius 2 is 1.00 bits per heavy atom. The van der Waals surface area contributed by atoms with Gasteiger partial charge < -0.3 is 0 Å². The molecule has 0 aliphatic heterocycles. The van der Waals surface area contributed by atoms with Crippen molar-refractivity contribution in [2.75, 3.05) is 0 Å². The molecule has 0 aliphatic carbocycles. The Bertz CT molecular complexity index is 507. The molecule has 0 atom stereocenters. The summed E-state index contributed by atoms with van der Waals surface area (Å²) in [4.78, 5) is 0. The maximum atomic E-state index is 6.60. The van der Waals surface area contributed by atoms with Crippen LogP contribution in [-0.2, 0) is 12.8 Å². The molecule has 21 heavy (non-hydrogen) atoms. The summed E-state index contributed by atoms with van der Waals surface area (Å²) in [5.41, 5.74) is 5.24. The SMILES string of the molecule is Cc1ccc(CC[Si](Cl)(Cl)CCc2ccc(C)cc2)cc1. The average Bonchev–Trinajstić information content (AvgIpc) is 2.46. The Kier molecular flexibility index (Phi) is 5.92. The second-order valence-electron chi connectivity index (χ2n) is 5.83. The zero-order chi connectivity index (χ0) is 15.3. The predicted octanol–water partition coefficient (Wildman–Crippen LogP) is 6.01. The van der Waals surface area contributed by atoms with Crippen LogP contribution in [0.25, 0.3) is 0 Å². The lowest BCUT2D eigenvalue weighted by Gasteiger charge is -2.16. The van der Waals surface area contributed by atoms with E-state index in [4.69, 9.17) is 22.2 Å². The van der Waals surface area contributed by atoms with E-state index in [1.54, 1.807) is 0 Å². The number of hydrogen-bond donors (Lipinski definition) is 0. The second kappa shape index (κ2) is 7.48. The lowest BCUT2D eigenvalue weighted by molar-refractivity contribution is 1.06. The van der Waals surface area contributed by atoms with Gasteiger partial charge in [-0.05, 0) is 49.9 Å². The highest BCUT2D eigenvalue weighted by Gasteiger charge is 2.27. The number of benzene rings is 2. The molecule has 2 rings (SSSR count). The van der Waals surface area contributed by atoms with Gasteiger partial charge in [-0.3, -0.25) is 0 Å². The third kappa shape index (κ3) is 5.86. The maximum absolute atomic E-state index is 6.60. The van der Waals surface area contributed by atoms with E-state index in [1.165, 1.54) is 22.3 Å². The number of rotatable bonds is 6. The highest BCUT2D eigenvalue weighted by Crippen LogP contribution is 2.29. The van der Waals surface area contributed by atoms with E-state index in [0.29, 0.717) is 0 Å². The minimum atomic E-state index is -2.15. The fourth-order valence-electron chi connectivity index (χ4n) is 2.29. The first-order chi connectivity index (χ1) is 9.94. The van der Waals surface area contributed by atoms with Gasteiger partial charge in [-0.1, -0.05) is 59.7 Å². The molecule has 0 fully saturated rings. The lowest BCUT2D eigenvalue weighted by Crippen LogP contribution is -2.20. The van der Waals surface area contributed by atoms with E-state index in [0.717, 1.165) is 24.9 Å². The molecule has 0 amide bonds. The van der Waals surface area contributed by atoms with Crippen LogP contribution in [0, 0.1) is 13.8 Å². The van der Waals surface area contributed by atoms with Gasteiger partial charge in [0.05, 0.1) is 0 Å². The Morgan fingerprint density at radius 1 is 0.667 bits per heavy atom. The van der Waals surface area contributed by atoms with Crippen LogP contribution in [0.3, 0.4) is 0 Å². The molecule has 0 saturated heterocycles. The van der Waals surface area contributed by atoms with Crippen molar-refractivity contribution in [3.05, 3.63) is 70.8 Å². The highest BCUT2D eigenvalue weighted by atomic mass is 35.7. The summed E-state index contributed by atoms with van der Waals surface area (Å²) in [5.74, 6) is 0. The first-order valence-corrected chi connectivity index (χ1v) is 11.9. The molecule has 2 aromatic rings. The van der Waals surface area contributed by atoms with Gasteiger partial charge in [-0.2, -0.15) is 0 Å². The first kappa shape index (κ1) is 16.6. The first-order valence-electron chi connectivity index (χ1n) is 7.43. The lowest BCUT2D eigenvalue weighted by atomic mass is 10.1. The van der Waals surface area contributed by atoms with Gasteiger partial charge in [-0.25, -0.2) is 0 Å². The van der Waals surface area contributed by atoms with Crippen LogP contribution < -0.4 is 0 Å². The van der Waals surface area contributed by atoms with Gasteiger partial charge in [0, 0.05) is 0 Å². The van der Waals surface area contributed by atoms with Gasteiger partial charge in [-0.15, -0.1) is 22.2 Å². The highest BCUT2D eigenvalue weighted by molar-refractivity contribution is 7.45. The van der Waals surface area contributed by atoms with Crippen LogP contribution in [0.1, 0.15) is 22.3 Å². The third-order valence-electron chi connectivity index (χ3n) is 3.80. The van der Waals surface area contributed by atoms with E-state index in [2.05, 4.69) is 62.4 Å². The monoisotopic (exact) mass is 336 g/mol. The maximum Gasteiger partial charge on any atom is 0.252 e. The summed E-state index contributed by atoms with van der Waals surface area (Å²) in [6.45, 7) is 2.06. The van der Waals surface area contributed by atoms with Crippen LogP contribution >= 0.6 is 22.2 Å². The molecule has 0 radical (unpaired) electrons. The van der Waals surface area contributed by atoms with Crippen LogP contribution in [0.4, 0.5) is 0 Å². The summed E-state index contributed by atoms with van der Waals surface area (Å²) < 4.78 is 0. The second-order valence-corrected chi connectivity index (χ2v) is 13.5. The Labute approximate surface area is 138 Å². The fourth-order valence-corrected chi connectivity index (χ4v) is 4.98. The van der Waals surface area contributed by atoms with Crippen molar-refractivity contribution in [3.63, 3.8) is 0 Å². The minimum absolute atomic E-state index is 0.922. The molecule has 0 N–H and O–H groups in total. The standard InChI is InChI=1S/C18H22Cl2Si/c1-15-3-7-17(8-4-15)11-13-21(19,20)14-12-18-9-5-16(2)6-10-18/h3-10H,11-14H2,1-2H3. The molecule has 0 aromatic heterocycles. The fraction of sp³-hybridized carbons (Fsp3) is 0.333. The van der Waals surface area contributed by atoms with Crippen molar-refractivity contribution in [3.8, 4) is 0 Å². The van der Waals surface area contributed by atoms with Crippen molar-refractivity contribution >= 4 is 28.9 Å². The Hall–Kier alpha value is -0.763. The minimum Gasteiger partial charge on any atom is -0.146 e. The Morgan fingerprint density at radius 3 is 1.33 bits per heavy atom. The normalized spacial score (nSPS) is 11.6. The van der Waals surface area contributed by atoms with Crippen molar-refractivity contribution in [2.24, 2.45) is 0 Å². The van der Waals surface area contributed by atoms with Crippen LogP contribution in [-0.4, -0.2) is 6.69 Å². The Balaban J connectivity index is 1.83.